The topological polar surface area (TPSA) is 54.3 Å². The lowest BCUT2D eigenvalue weighted by molar-refractivity contribution is -0.114. The second-order valence-electron chi connectivity index (χ2n) is 8.42. The van der Waals surface area contributed by atoms with Gasteiger partial charge in [-0.3, -0.25) is 14.5 Å². The first kappa shape index (κ1) is 19.3. The van der Waals surface area contributed by atoms with E-state index in [1.165, 1.54) is 23.9 Å². The first-order valence-corrected chi connectivity index (χ1v) is 11.3. The highest BCUT2D eigenvalue weighted by atomic mass is 32.1. The van der Waals surface area contributed by atoms with Gasteiger partial charge in [-0.15, -0.1) is 11.3 Å². The number of nitrogens with zero attached hydrogens (tertiary/aromatic N) is 2. The summed E-state index contributed by atoms with van der Waals surface area (Å²) < 4.78 is 2.01. The lowest BCUT2D eigenvalue weighted by Gasteiger charge is -2.42. The van der Waals surface area contributed by atoms with Crippen molar-refractivity contribution in [3.05, 3.63) is 74.8 Å². The molecule has 5 rings (SSSR count). The number of pyridine rings is 1. The van der Waals surface area contributed by atoms with Crippen LogP contribution in [-0.2, 0) is 17.9 Å². The van der Waals surface area contributed by atoms with Crippen molar-refractivity contribution in [3.63, 3.8) is 0 Å². The molecule has 0 unspecified atom stereocenters. The van der Waals surface area contributed by atoms with Crippen molar-refractivity contribution in [1.82, 2.24) is 9.47 Å². The number of benzene rings is 1. The number of aromatic nitrogens is 1. The molecule has 1 saturated heterocycles. The van der Waals surface area contributed by atoms with Crippen LogP contribution < -0.4 is 10.9 Å². The Morgan fingerprint density at radius 2 is 1.93 bits per heavy atom. The summed E-state index contributed by atoms with van der Waals surface area (Å²) in [4.78, 5) is 28.5. The van der Waals surface area contributed by atoms with Crippen molar-refractivity contribution in [1.29, 1.82) is 0 Å². The Bertz CT molecular complexity index is 1120. The molecule has 2 atom stereocenters. The smallest absolute Gasteiger partial charge is 0.258 e. The minimum absolute atomic E-state index is 0.0983. The van der Waals surface area contributed by atoms with Gasteiger partial charge in [0, 0.05) is 60.8 Å². The highest BCUT2D eigenvalue weighted by Crippen LogP contribution is 2.36. The van der Waals surface area contributed by atoms with Gasteiger partial charge in [-0.05, 0) is 53.6 Å². The molecule has 1 fully saturated rings. The van der Waals surface area contributed by atoms with Crippen LogP contribution in [0.4, 0.5) is 5.69 Å². The van der Waals surface area contributed by atoms with E-state index >= 15 is 0 Å². The van der Waals surface area contributed by atoms with E-state index in [4.69, 9.17) is 0 Å². The van der Waals surface area contributed by atoms with Crippen LogP contribution in [0, 0.1) is 5.92 Å². The summed E-state index contributed by atoms with van der Waals surface area (Å²) in [6, 6.07) is 15.9. The highest BCUT2D eigenvalue weighted by molar-refractivity contribution is 7.09. The molecule has 4 heterocycles. The molecule has 0 aliphatic carbocycles. The highest BCUT2D eigenvalue weighted by Gasteiger charge is 2.35. The maximum absolute atomic E-state index is 13.3. The van der Waals surface area contributed by atoms with Crippen LogP contribution in [0.15, 0.2) is 58.7 Å². The fraction of sp³-hybridized carbons (Fsp3) is 0.333. The van der Waals surface area contributed by atoms with Gasteiger partial charge in [-0.25, -0.2) is 0 Å². The molecule has 0 spiro atoms. The summed E-state index contributed by atoms with van der Waals surface area (Å²) in [5.74, 6) is 0.837. The molecule has 0 radical (unpaired) electrons. The minimum Gasteiger partial charge on any atom is -0.326 e. The summed E-state index contributed by atoms with van der Waals surface area (Å²) in [5, 5.41) is 4.91. The molecule has 6 heteroatoms. The SMILES string of the molecule is CC(=O)Nc1ccc(-c2ccc3n(c2=O)C[C@@H]2C[C@@H]3CN(Cc3cccs3)C2)cc1. The molecule has 2 aliphatic heterocycles. The van der Waals surface area contributed by atoms with Crippen molar-refractivity contribution in [2.45, 2.75) is 32.4 Å². The van der Waals surface area contributed by atoms with E-state index in [9.17, 15) is 9.59 Å². The van der Waals surface area contributed by atoms with Gasteiger partial charge in [-0.1, -0.05) is 18.2 Å². The van der Waals surface area contributed by atoms with Crippen LogP contribution in [-0.4, -0.2) is 28.5 Å². The van der Waals surface area contributed by atoms with Gasteiger partial charge in [-0.2, -0.15) is 0 Å². The Kier molecular flexibility index (Phi) is 5.05. The molecule has 1 amide bonds. The predicted octanol–water partition coefficient (Wildman–Crippen LogP) is 4.15. The van der Waals surface area contributed by atoms with E-state index in [0.29, 0.717) is 11.8 Å². The summed E-state index contributed by atoms with van der Waals surface area (Å²) in [7, 11) is 0. The third-order valence-corrected chi connectivity index (χ3v) is 7.02. The standard InChI is InChI=1S/C24H25N3O2S/c1-16(28)25-20-6-4-18(5-7-20)22-8-9-23-19-11-17(13-27(23)24(22)29)12-26(14-19)15-21-3-2-10-30-21/h2-10,17,19H,11-15H2,1H3,(H,25,28)/t17-,19-/m1/s1. The molecule has 1 aromatic carbocycles. The zero-order valence-electron chi connectivity index (χ0n) is 17.0. The molecule has 154 valence electrons. The van der Waals surface area contributed by atoms with Gasteiger partial charge < -0.3 is 9.88 Å². The second-order valence-corrected chi connectivity index (χ2v) is 9.45. The summed E-state index contributed by atoms with van der Waals surface area (Å²) in [6.07, 6.45) is 1.17. The zero-order chi connectivity index (χ0) is 20.7. The molecule has 1 N–H and O–H groups in total. The number of likely N-dealkylation sites (tertiary alicyclic amines) is 1. The maximum Gasteiger partial charge on any atom is 0.258 e. The number of nitrogens with one attached hydrogen (secondary N) is 1. The average molecular weight is 420 g/mol. The van der Waals surface area contributed by atoms with Gasteiger partial charge in [0.2, 0.25) is 5.91 Å². The summed E-state index contributed by atoms with van der Waals surface area (Å²) in [6.45, 7) is 5.35. The van der Waals surface area contributed by atoms with Crippen LogP contribution in [0.1, 0.15) is 29.8 Å². The van der Waals surface area contributed by atoms with E-state index in [0.717, 1.165) is 43.0 Å². The first-order valence-electron chi connectivity index (χ1n) is 10.4. The molecule has 3 aromatic rings. The summed E-state index contributed by atoms with van der Waals surface area (Å²) >= 11 is 1.82. The number of anilines is 1. The Balaban J connectivity index is 1.40. The van der Waals surface area contributed by atoms with Crippen molar-refractivity contribution in [2.24, 2.45) is 5.92 Å². The largest absolute Gasteiger partial charge is 0.326 e. The Labute approximate surface area is 180 Å². The van der Waals surface area contributed by atoms with E-state index in [1.54, 1.807) is 0 Å². The fourth-order valence-electron chi connectivity index (χ4n) is 4.95. The maximum atomic E-state index is 13.3. The number of hydrogen-bond acceptors (Lipinski definition) is 4. The molecular weight excluding hydrogens is 394 g/mol. The molecular formula is C24H25N3O2S. The first-order chi connectivity index (χ1) is 14.6. The van der Waals surface area contributed by atoms with Gasteiger partial charge in [0.15, 0.2) is 0 Å². The number of fused-ring (bicyclic) bond motifs is 4. The third kappa shape index (κ3) is 3.73. The normalized spacial score (nSPS) is 20.6. The van der Waals surface area contributed by atoms with Gasteiger partial charge in [0.05, 0.1) is 0 Å². The summed E-state index contributed by atoms with van der Waals surface area (Å²) in [5.41, 5.74) is 3.62. The predicted molar refractivity (Wildman–Crippen MR) is 121 cm³/mol. The van der Waals surface area contributed by atoms with Crippen LogP contribution in [0.3, 0.4) is 0 Å². The van der Waals surface area contributed by atoms with Crippen molar-refractivity contribution >= 4 is 22.9 Å². The number of rotatable bonds is 4. The van der Waals surface area contributed by atoms with Crippen LogP contribution in [0.2, 0.25) is 0 Å². The number of amides is 1. The molecule has 30 heavy (non-hydrogen) atoms. The number of carbonyl (C=O) groups is 1. The van der Waals surface area contributed by atoms with E-state index in [2.05, 4.69) is 33.8 Å². The molecule has 2 aliphatic rings. The second kappa shape index (κ2) is 7.85. The Hall–Kier alpha value is -2.70. The fourth-order valence-corrected chi connectivity index (χ4v) is 5.70. The quantitative estimate of drug-likeness (QED) is 0.691. The van der Waals surface area contributed by atoms with Crippen LogP contribution >= 0.6 is 11.3 Å². The third-order valence-electron chi connectivity index (χ3n) is 6.16. The lowest BCUT2D eigenvalue weighted by atomic mass is 9.82. The van der Waals surface area contributed by atoms with Gasteiger partial charge in [0.1, 0.15) is 0 Å². The van der Waals surface area contributed by atoms with Crippen molar-refractivity contribution in [3.8, 4) is 11.1 Å². The van der Waals surface area contributed by atoms with Crippen LogP contribution in [0.25, 0.3) is 11.1 Å². The van der Waals surface area contributed by atoms with E-state index in [1.807, 2.05) is 46.2 Å². The average Bonchev–Trinajstić information content (AvgIpc) is 3.22. The van der Waals surface area contributed by atoms with E-state index in [-0.39, 0.29) is 11.5 Å². The monoisotopic (exact) mass is 419 g/mol. The molecule has 0 saturated carbocycles. The van der Waals surface area contributed by atoms with Crippen molar-refractivity contribution < 1.29 is 4.79 Å². The number of piperidine rings is 1. The minimum atomic E-state index is -0.101. The van der Waals surface area contributed by atoms with Gasteiger partial charge >= 0.3 is 0 Å². The molecule has 2 bridgehead atoms. The molecule has 5 nitrogen and oxygen atoms in total. The Morgan fingerprint density at radius 3 is 2.67 bits per heavy atom. The Morgan fingerprint density at radius 1 is 1.10 bits per heavy atom. The zero-order valence-corrected chi connectivity index (χ0v) is 17.8. The number of hydrogen-bond donors (Lipinski definition) is 1. The number of thiophene rings is 1. The molecule has 2 aromatic heterocycles. The van der Waals surface area contributed by atoms with Gasteiger partial charge in [0.25, 0.3) is 5.56 Å². The van der Waals surface area contributed by atoms with E-state index < -0.39 is 0 Å². The number of carbonyl (C=O) groups excluding carboxylic acids is 1. The van der Waals surface area contributed by atoms with Crippen molar-refractivity contribution in [2.75, 3.05) is 18.4 Å². The van der Waals surface area contributed by atoms with Crippen LogP contribution in [0.5, 0.6) is 0 Å². The lowest BCUT2D eigenvalue weighted by Crippen LogP contribution is -2.46.